The van der Waals surface area contributed by atoms with Crippen molar-refractivity contribution < 1.29 is 4.79 Å². The van der Waals surface area contributed by atoms with Crippen molar-refractivity contribution >= 4 is 28.6 Å². The predicted octanol–water partition coefficient (Wildman–Crippen LogP) is 3.06. The molecule has 2 rings (SSSR count). The van der Waals surface area contributed by atoms with Gasteiger partial charge in [0.15, 0.2) is 0 Å². The molecular formula is C10H9Cl2NO. The molecule has 1 heterocycles. The first-order chi connectivity index (χ1) is 6.66. The molecule has 1 amide bonds. The highest BCUT2D eigenvalue weighted by molar-refractivity contribution is 6.62. The zero-order chi connectivity index (χ0) is 10.1. The van der Waals surface area contributed by atoms with Crippen molar-refractivity contribution in [2.45, 2.75) is 13.0 Å². The number of hydrogen-bond acceptors (Lipinski definition) is 1. The molecule has 0 fully saturated rings. The molecule has 1 aliphatic rings. The Morgan fingerprint density at radius 1 is 1.36 bits per heavy atom. The Morgan fingerprint density at radius 3 is 2.86 bits per heavy atom. The maximum absolute atomic E-state index is 10.9. The first-order valence-corrected chi connectivity index (χ1v) is 5.14. The lowest BCUT2D eigenvalue weighted by molar-refractivity contribution is 0.216. The summed E-state index contributed by atoms with van der Waals surface area (Å²) in [5, 5.41) is 0.361. The third-order valence-electron chi connectivity index (χ3n) is 2.43. The minimum absolute atomic E-state index is 0.384. The van der Waals surface area contributed by atoms with Gasteiger partial charge in [0.25, 0.3) is 0 Å². The van der Waals surface area contributed by atoms with Gasteiger partial charge >= 0.3 is 5.37 Å². The minimum atomic E-state index is -0.384. The average molecular weight is 230 g/mol. The Hall–Kier alpha value is -0.730. The van der Waals surface area contributed by atoms with Gasteiger partial charge in [-0.3, -0.25) is 4.79 Å². The molecule has 0 aromatic heterocycles. The molecule has 0 atom stereocenters. The number of amides is 1. The Bertz CT molecular complexity index is 378. The van der Waals surface area contributed by atoms with Crippen molar-refractivity contribution in [3.05, 3.63) is 34.3 Å². The van der Waals surface area contributed by atoms with E-state index in [1.165, 1.54) is 5.56 Å². The summed E-state index contributed by atoms with van der Waals surface area (Å²) in [5.74, 6) is 0. The van der Waals surface area contributed by atoms with Crippen molar-refractivity contribution in [2.24, 2.45) is 0 Å². The fraction of sp³-hybridized carbons (Fsp3) is 0.300. The molecule has 74 valence electrons. The van der Waals surface area contributed by atoms with Crippen LogP contribution in [0.1, 0.15) is 11.1 Å². The average Bonchev–Trinajstić information content (AvgIpc) is 2.16. The van der Waals surface area contributed by atoms with Gasteiger partial charge < -0.3 is 4.90 Å². The molecule has 14 heavy (non-hydrogen) atoms. The Balaban J connectivity index is 2.27. The lowest BCUT2D eigenvalue weighted by atomic mass is 10.0. The maximum Gasteiger partial charge on any atom is 0.316 e. The van der Waals surface area contributed by atoms with E-state index in [0.717, 1.165) is 17.0 Å². The van der Waals surface area contributed by atoms with Crippen molar-refractivity contribution in [1.29, 1.82) is 0 Å². The summed E-state index contributed by atoms with van der Waals surface area (Å²) in [7, 11) is 0. The molecule has 4 heteroatoms. The molecule has 2 nitrogen and oxygen atoms in total. The number of fused-ring (bicyclic) bond motifs is 1. The zero-order valence-corrected chi connectivity index (χ0v) is 8.98. The number of rotatable bonds is 0. The molecule has 0 bridgehead atoms. The van der Waals surface area contributed by atoms with E-state index in [1.807, 2.05) is 18.2 Å². The van der Waals surface area contributed by atoms with Crippen molar-refractivity contribution in [3.8, 4) is 0 Å². The third kappa shape index (κ3) is 1.86. The van der Waals surface area contributed by atoms with Gasteiger partial charge in [-0.1, -0.05) is 17.7 Å². The molecule has 0 aliphatic carbocycles. The number of hydrogen-bond donors (Lipinski definition) is 0. The lowest BCUT2D eigenvalue weighted by Gasteiger charge is -2.26. The highest BCUT2D eigenvalue weighted by Gasteiger charge is 2.18. The van der Waals surface area contributed by atoms with Crippen LogP contribution in [0.2, 0.25) is 5.02 Å². The molecule has 1 aromatic carbocycles. The highest BCUT2D eigenvalue weighted by atomic mass is 35.5. The first-order valence-electron chi connectivity index (χ1n) is 4.38. The molecule has 0 saturated carbocycles. The molecule has 0 N–H and O–H groups in total. The Labute approximate surface area is 92.4 Å². The second-order valence-electron chi connectivity index (χ2n) is 3.34. The van der Waals surface area contributed by atoms with E-state index in [2.05, 4.69) is 0 Å². The van der Waals surface area contributed by atoms with Gasteiger partial charge in [0, 0.05) is 18.1 Å². The number of carbonyl (C=O) groups is 1. The number of nitrogens with zero attached hydrogens (tertiary/aromatic N) is 1. The van der Waals surface area contributed by atoms with Crippen LogP contribution in [-0.4, -0.2) is 16.8 Å². The largest absolute Gasteiger partial charge is 0.325 e. The van der Waals surface area contributed by atoms with Gasteiger partial charge in [-0.15, -0.1) is 0 Å². The summed E-state index contributed by atoms with van der Waals surface area (Å²) in [4.78, 5) is 12.6. The fourth-order valence-electron chi connectivity index (χ4n) is 1.67. The zero-order valence-electron chi connectivity index (χ0n) is 7.46. The second kappa shape index (κ2) is 3.79. The molecule has 1 aliphatic heterocycles. The van der Waals surface area contributed by atoms with Crippen molar-refractivity contribution in [3.63, 3.8) is 0 Å². The van der Waals surface area contributed by atoms with Gasteiger partial charge in [-0.05, 0) is 41.3 Å². The van der Waals surface area contributed by atoms with Crippen LogP contribution in [0, 0.1) is 0 Å². The summed E-state index contributed by atoms with van der Waals surface area (Å²) < 4.78 is 0. The number of carbonyl (C=O) groups excluding carboxylic acids is 1. The van der Waals surface area contributed by atoms with E-state index in [9.17, 15) is 4.79 Å². The van der Waals surface area contributed by atoms with Crippen LogP contribution in [0.25, 0.3) is 0 Å². The molecule has 0 unspecified atom stereocenters. The number of benzene rings is 1. The Kier molecular flexibility index (Phi) is 2.66. The predicted molar refractivity (Wildman–Crippen MR) is 56.8 cm³/mol. The Morgan fingerprint density at radius 2 is 2.14 bits per heavy atom. The lowest BCUT2D eigenvalue weighted by Crippen LogP contribution is -2.32. The van der Waals surface area contributed by atoms with Crippen LogP contribution in [0.5, 0.6) is 0 Å². The van der Waals surface area contributed by atoms with E-state index in [4.69, 9.17) is 23.2 Å². The molecule has 0 saturated heterocycles. The smallest absolute Gasteiger partial charge is 0.316 e. The minimum Gasteiger partial charge on any atom is -0.325 e. The molecule has 1 aromatic rings. The SMILES string of the molecule is O=C(Cl)N1CCc2cc(Cl)ccc2C1. The fourth-order valence-corrected chi connectivity index (χ4v) is 2.01. The standard InChI is InChI=1S/C10H9Cl2NO/c11-9-2-1-8-6-13(10(12)14)4-3-7(8)5-9/h1-2,5H,3-4,6H2. The summed E-state index contributed by atoms with van der Waals surface area (Å²) >= 11 is 11.3. The summed E-state index contributed by atoms with van der Waals surface area (Å²) in [6.07, 6.45) is 0.828. The second-order valence-corrected chi connectivity index (χ2v) is 4.10. The van der Waals surface area contributed by atoms with E-state index in [0.29, 0.717) is 13.1 Å². The van der Waals surface area contributed by atoms with Gasteiger partial charge in [0.1, 0.15) is 0 Å². The molecular weight excluding hydrogens is 221 g/mol. The quantitative estimate of drug-likeness (QED) is 0.495. The monoisotopic (exact) mass is 229 g/mol. The van der Waals surface area contributed by atoms with E-state index in [1.54, 1.807) is 4.90 Å². The number of halogens is 2. The van der Waals surface area contributed by atoms with Crippen LogP contribution in [0.3, 0.4) is 0 Å². The maximum atomic E-state index is 10.9. The topological polar surface area (TPSA) is 20.3 Å². The van der Waals surface area contributed by atoms with E-state index in [-0.39, 0.29) is 5.37 Å². The van der Waals surface area contributed by atoms with Crippen LogP contribution in [0.4, 0.5) is 4.79 Å². The van der Waals surface area contributed by atoms with Crippen molar-refractivity contribution in [2.75, 3.05) is 6.54 Å². The summed E-state index contributed by atoms with van der Waals surface area (Å²) in [6.45, 7) is 1.27. The summed E-state index contributed by atoms with van der Waals surface area (Å²) in [6, 6.07) is 5.74. The van der Waals surface area contributed by atoms with E-state index < -0.39 is 0 Å². The van der Waals surface area contributed by atoms with Crippen LogP contribution in [0.15, 0.2) is 18.2 Å². The van der Waals surface area contributed by atoms with Gasteiger partial charge in [-0.25, -0.2) is 0 Å². The van der Waals surface area contributed by atoms with Crippen molar-refractivity contribution in [1.82, 2.24) is 4.90 Å². The van der Waals surface area contributed by atoms with Gasteiger partial charge in [-0.2, -0.15) is 0 Å². The summed E-state index contributed by atoms with van der Waals surface area (Å²) in [5.41, 5.74) is 2.35. The van der Waals surface area contributed by atoms with E-state index >= 15 is 0 Å². The van der Waals surface area contributed by atoms with Crippen LogP contribution in [-0.2, 0) is 13.0 Å². The highest BCUT2D eigenvalue weighted by Crippen LogP contribution is 2.23. The third-order valence-corrected chi connectivity index (χ3v) is 2.90. The molecule has 0 spiro atoms. The molecule has 0 radical (unpaired) electrons. The van der Waals surface area contributed by atoms with Crippen LogP contribution >= 0.6 is 23.2 Å². The first kappa shape index (κ1) is 9.81. The normalized spacial score (nSPS) is 15.1. The van der Waals surface area contributed by atoms with Crippen LogP contribution < -0.4 is 0 Å². The van der Waals surface area contributed by atoms with Gasteiger partial charge in [0.2, 0.25) is 0 Å². The van der Waals surface area contributed by atoms with Gasteiger partial charge in [0.05, 0.1) is 0 Å².